The number of aromatic nitrogens is 2. The second-order valence-corrected chi connectivity index (χ2v) is 10.0. The average Bonchev–Trinajstić information content (AvgIpc) is 2.96. The summed E-state index contributed by atoms with van der Waals surface area (Å²) in [6.07, 6.45) is 1.56. The highest BCUT2D eigenvalue weighted by atomic mass is 79.9. The predicted molar refractivity (Wildman–Crippen MR) is 158 cm³/mol. The molecule has 0 aliphatic carbocycles. The molecule has 1 aromatic heterocycles. The summed E-state index contributed by atoms with van der Waals surface area (Å²) in [4.78, 5) is 18.2. The Labute approximate surface area is 241 Å². The molecule has 39 heavy (non-hydrogen) atoms. The molecule has 0 atom stereocenters. The molecular formula is C30H22Br2FN3O3. The summed E-state index contributed by atoms with van der Waals surface area (Å²) in [5.74, 6) is 0.926. The average molecular weight is 651 g/mol. The van der Waals surface area contributed by atoms with Crippen molar-refractivity contribution >= 4 is 49.0 Å². The molecule has 0 fully saturated rings. The molecule has 196 valence electrons. The lowest BCUT2D eigenvalue weighted by Crippen LogP contribution is -2.20. The molecule has 0 unspecified atom stereocenters. The zero-order chi connectivity index (χ0) is 27.4. The highest BCUT2D eigenvalue weighted by molar-refractivity contribution is 9.13. The van der Waals surface area contributed by atoms with E-state index in [0.717, 1.165) is 5.56 Å². The van der Waals surface area contributed by atoms with Gasteiger partial charge in [0.25, 0.3) is 5.56 Å². The zero-order valence-electron chi connectivity index (χ0n) is 20.8. The van der Waals surface area contributed by atoms with Crippen LogP contribution in [-0.4, -0.2) is 22.5 Å². The van der Waals surface area contributed by atoms with Crippen LogP contribution in [0.3, 0.4) is 0 Å². The van der Waals surface area contributed by atoms with Crippen LogP contribution in [0.15, 0.2) is 104 Å². The van der Waals surface area contributed by atoms with Gasteiger partial charge >= 0.3 is 0 Å². The molecule has 5 rings (SSSR count). The Balaban J connectivity index is 1.58. The van der Waals surface area contributed by atoms with E-state index in [-0.39, 0.29) is 18.0 Å². The molecule has 0 N–H and O–H groups in total. The Kier molecular flexibility index (Phi) is 8.18. The number of nitrogens with zero attached hydrogens (tertiary/aromatic N) is 3. The molecule has 0 aliphatic heterocycles. The van der Waals surface area contributed by atoms with Gasteiger partial charge in [-0.1, -0.05) is 60.7 Å². The fourth-order valence-electron chi connectivity index (χ4n) is 3.99. The van der Waals surface area contributed by atoms with Crippen LogP contribution in [0.4, 0.5) is 4.39 Å². The monoisotopic (exact) mass is 649 g/mol. The van der Waals surface area contributed by atoms with Crippen molar-refractivity contribution in [3.8, 4) is 22.9 Å². The second kappa shape index (κ2) is 11.9. The van der Waals surface area contributed by atoms with E-state index < -0.39 is 0 Å². The normalized spacial score (nSPS) is 11.3. The number of benzene rings is 4. The molecular weight excluding hydrogens is 629 g/mol. The van der Waals surface area contributed by atoms with Crippen molar-refractivity contribution in [1.29, 1.82) is 0 Å². The summed E-state index contributed by atoms with van der Waals surface area (Å²) >= 11 is 7.18. The molecule has 9 heteroatoms. The highest BCUT2D eigenvalue weighted by Gasteiger charge is 2.18. The first-order valence-electron chi connectivity index (χ1n) is 12.1. The van der Waals surface area contributed by atoms with Gasteiger partial charge < -0.3 is 9.47 Å². The van der Waals surface area contributed by atoms with Gasteiger partial charge in [0, 0.05) is 21.2 Å². The van der Waals surface area contributed by atoms with E-state index in [4.69, 9.17) is 14.5 Å². The van der Waals surface area contributed by atoms with Crippen LogP contribution < -0.4 is 15.0 Å². The first-order chi connectivity index (χ1) is 19.0. The summed E-state index contributed by atoms with van der Waals surface area (Å²) in [5.41, 5.74) is 2.10. The molecule has 0 radical (unpaired) electrons. The topological polar surface area (TPSA) is 65.7 Å². The van der Waals surface area contributed by atoms with Crippen LogP contribution in [0.2, 0.25) is 0 Å². The fourth-order valence-corrected chi connectivity index (χ4v) is 4.92. The van der Waals surface area contributed by atoms with Gasteiger partial charge in [-0.3, -0.25) is 4.79 Å². The van der Waals surface area contributed by atoms with E-state index in [1.165, 1.54) is 10.7 Å². The smallest absolute Gasteiger partial charge is 0.282 e. The van der Waals surface area contributed by atoms with Crippen LogP contribution in [0, 0.1) is 5.82 Å². The van der Waals surface area contributed by atoms with E-state index >= 15 is 0 Å². The molecule has 0 spiro atoms. The summed E-state index contributed by atoms with van der Waals surface area (Å²) in [6.45, 7) is 2.26. The van der Waals surface area contributed by atoms with E-state index in [1.54, 1.807) is 48.7 Å². The van der Waals surface area contributed by atoms with Gasteiger partial charge in [0.2, 0.25) is 0 Å². The lowest BCUT2D eigenvalue weighted by Gasteiger charge is -2.16. The number of para-hydroxylation sites is 1. The Morgan fingerprint density at radius 2 is 1.67 bits per heavy atom. The van der Waals surface area contributed by atoms with Crippen LogP contribution in [0.1, 0.15) is 18.1 Å². The molecule has 0 saturated heterocycles. The van der Waals surface area contributed by atoms with Crippen LogP contribution >= 0.6 is 31.9 Å². The SMILES string of the molecule is CCOc1cc(C=Nn2c(-c3ccccc3)nc3ccccc3c2=O)c(Br)c(Br)c1OCc1ccccc1F. The number of ether oxygens (including phenoxy) is 2. The Hall–Kier alpha value is -3.82. The number of hydrogen-bond acceptors (Lipinski definition) is 5. The fraction of sp³-hybridized carbons (Fsp3) is 0.100. The summed E-state index contributed by atoms with van der Waals surface area (Å²) in [7, 11) is 0. The van der Waals surface area contributed by atoms with Gasteiger partial charge in [-0.25, -0.2) is 9.37 Å². The zero-order valence-corrected chi connectivity index (χ0v) is 23.9. The second-order valence-electron chi connectivity index (χ2n) is 8.41. The van der Waals surface area contributed by atoms with Crippen molar-refractivity contribution in [2.24, 2.45) is 5.10 Å². The van der Waals surface area contributed by atoms with Gasteiger partial charge in [-0.05, 0) is 63.0 Å². The van der Waals surface area contributed by atoms with Gasteiger partial charge in [-0.2, -0.15) is 9.78 Å². The standard InChI is InChI=1S/C30H22Br2FN3O3/c1-2-38-25-16-21(26(31)27(32)28(25)39-18-20-12-6-8-14-23(20)33)17-34-36-29(19-10-4-3-5-11-19)35-24-15-9-7-13-22(24)30(36)37/h3-17H,2,18H2,1H3. The molecule has 0 saturated carbocycles. The van der Waals surface area contributed by atoms with Gasteiger partial charge in [-0.15, -0.1) is 0 Å². The van der Waals surface area contributed by atoms with Gasteiger partial charge in [0.05, 0.1) is 28.2 Å². The van der Waals surface area contributed by atoms with Crippen molar-refractivity contribution < 1.29 is 13.9 Å². The minimum absolute atomic E-state index is 0.0177. The maximum atomic E-state index is 14.1. The number of halogens is 3. The Bertz CT molecular complexity index is 1740. The van der Waals surface area contributed by atoms with Crippen LogP contribution in [0.25, 0.3) is 22.3 Å². The minimum atomic E-state index is -0.349. The molecule has 5 aromatic rings. The van der Waals surface area contributed by atoms with Crippen molar-refractivity contribution in [2.75, 3.05) is 6.61 Å². The lowest BCUT2D eigenvalue weighted by atomic mass is 10.2. The summed E-state index contributed by atoms with van der Waals surface area (Å²) in [5, 5.41) is 5.02. The number of rotatable bonds is 8. The predicted octanol–water partition coefficient (Wildman–Crippen LogP) is 7.59. The van der Waals surface area contributed by atoms with E-state index in [1.807, 2.05) is 43.3 Å². The van der Waals surface area contributed by atoms with Crippen LogP contribution in [0.5, 0.6) is 11.5 Å². The Morgan fingerprint density at radius 1 is 0.949 bits per heavy atom. The third kappa shape index (κ3) is 5.65. The molecule has 0 bridgehead atoms. The largest absolute Gasteiger partial charge is 0.490 e. The van der Waals surface area contributed by atoms with Crippen molar-refractivity contribution in [1.82, 2.24) is 9.66 Å². The third-order valence-corrected chi connectivity index (χ3v) is 8.03. The number of fused-ring (bicyclic) bond motifs is 1. The maximum Gasteiger partial charge on any atom is 0.282 e. The van der Waals surface area contributed by atoms with Gasteiger partial charge in [0.15, 0.2) is 17.3 Å². The molecule has 6 nitrogen and oxygen atoms in total. The molecule has 4 aromatic carbocycles. The van der Waals surface area contributed by atoms with E-state index in [9.17, 15) is 9.18 Å². The van der Waals surface area contributed by atoms with Gasteiger partial charge in [0.1, 0.15) is 12.4 Å². The highest BCUT2D eigenvalue weighted by Crippen LogP contribution is 2.43. The van der Waals surface area contributed by atoms with Crippen molar-refractivity contribution in [3.05, 3.63) is 121 Å². The first-order valence-corrected chi connectivity index (χ1v) is 13.7. The van der Waals surface area contributed by atoms with Crippen molar-refractivity contribution in [2.45, 2.75) is 13.5 Å². The van der Waals surface area contributed by atoms with E-state index in [2.05, 4.69) is 37.0 Å². The molecule has 0 aliphatic rings. The molecule has 1 heterocycles. The first kappa shape index (κ1) is 26.8. The van der Waals surface area contributed by atoms with E-state index in [0.29, 0.717) is 54.9 Å². The van der Waals surface area contributed by atoms with Crippen molar-refractivity contribution in [3.63, 3.8) is 0 Å². The lowest BCUT2D eigenvalue weighted by molar-refractivity contribution is 0.264. The summed E-state index contributed by atoms with van der Waals surface area (Å²) in [6, 6.07) is 24.8. The quantitative estimate of drug-likeness (QED) is 0.162. The maximum absolute atomic E-state index is 14.1. The summed E-state index contributed by atoms with van der Waals surface area (Å²) < 4.78 is 28.5. The third-order valence-electron chi connectivity index (χ3n) is 5.88. The molecule has 0 amide bonds. The minimum Gasteiger partial charge on any atom is -0.490 e. The van der Waals surface area contributed by atoms with Crippen LogP contribution in [-0.2, 0) is 6.61 Å². The number of hydrogen-bond donors (Lipinski definition) is 0. The Morgan fingerprint density at radius 3 is 2.44 bits per heavy atom.